The maximum atomic E-state index is 5.08. The van der Waals surface area contributed by atoms with Gasteiger partial charge in [-0.2, -0.15) is 0 Å². The van der Waals surface area contributed by atoms with Gasteiger partial charge < -0.3 is 4.98 Å². The number of rotatable bonds is 5. The number of hydrogen-bond acceptors (Lipinski definition) is 1. The second-order valence-electron chi connectivity index (χ2n) is 12.9. The number of aromatic amines is 1. The third-order valence-electron chi connectivity index (χ3n) is 9.97. The van der Waals surface area contributed by atoms with Gasteiger partial charge in [0.2, 0.25) is 0 Å². The van der Waals surface area contributed by atoms with E-state index in [4.69, 9.17) is 4.98 Å². The molecular formula is C47H31N3. The van der Waals surface area contributed by atoms with E-state index in [-0.39, 0.29) is 0 Å². The average molecular weight is 638 g/mol. The Hall–Kier alpha value is -6.71. The van der Waals surface area contributed by atoms with Crippen LogP contribution in [0.25, 0.3) is 94.1 Å². The standard InChI is InChI=1S/C47H31N3/c1-2-12-37(13-3-1)50-45-19-7-6-18-44(45)49-47(50)35-26-24-33(25-27-35)39-16-9-11-34-10-8-15-38(46(34)39)32-22-20-31(21-23-32)36-28-29-43-41(30-36)40-14-4-5-17-42(40)48-43/h1-30,48H. The zero-order valence-electron chi connectivity index (χ0n) is 27.2. The molecule has 2 aromatic heterocycles. The fourth-order valence-corrected chi connectivity index (χ4v) is 7.55. The van der Waals surface area contributed by atoms with Crippen molar-refractivity contribution in [3.05, 3.63) is 182 Å². The first-order valence-corrected chi connectivity index (χ1v) is 17.1. The lowest BCUT2D eigenvalue weighted by Gasteiger charge is -2.14. The van der Waals surface area contributed by atoms with Crippen molar-refractivity contribution in [2.24, 2.45) is 0 Å². The van der Waals surface area contributed by atoms with E-state index in [9.17, 15) is 0 Å². The molecule has 0 amide bonds. The highest BCUT2D eigenvalue weighted by molar-refractivity contribution is 6.09. The number of nitrogens with one attached hydrogen (secondary N) is 1. The van der Waals surface area contributed by atoms with E-state index in [1.165, 1.54) is 60.4 Å². The van der Waals surface area contributed by atoms with Gasteiger partial charge in [-0.25, -0.2) is 4.98 Å². The van der Waals surface area contributed by atoms with Crippen LogP contribution in [0, 0.1) is 0 Å². The zero-order chi connectivity index (χ0) is 33.0. The van der Waals surface area contributed by atoms with E-state index in [1.807, 2.05) is 6.07 Å². The van der Waals surface area contributed by atoms with Crippen LogP contribution in [-0.4, -0.2) is 14.5 Å². The largest absolute Gasteiger partial charge is 0.355 e. The van der Waals surface area contributed by atoms with Crippen LogP contribution in [0.5, 0.6) is 0 Å². The lowest BCUT2D eigenvalue weighted by Crippen LogP contribution is -1.97. The zero-order valence-corrected chi connectivity index (χ0v) is 27.2. The van der Waals surface area contributed by atoms with Crippen molar-refractivity contribution in [3.8, 4) is 50.5 Å². The Kier molecular flexibility index (Phi) is 6.49. The molecule has 10 aromatic rings. The summed E-state index contributed by atoms with van der Waals surface area (Å²) in [5.74, 6) is 0.937. The van der Waals surface area contributed by atoms with Gasteiger partial charge in [-0.3, -0.25) is 4.57 Å². The number of para-hydroxylation sites is 4. The van der Waals surface area contributed by atoms with Crippen LogP contribution >= 0.6 is 0 Å². The minimum absolute atomic E-state index is 0.937. The summed E-state index contributed by atoms with van der Waals surface area (Å²) in [5, 5.41) is 4.99. The molecule has 0 bridgehead atoms. The first-order valence-electron chi connectivity index (χ1n) is 17.1. The molecule has 0 fully saturated rings. The third-order valence-corrected chi connectivity index (χ3v) is 9.97. The van der Waals surface area contributed by atoms with Gasteiger partial charge >= 0.3 is 0 Å². The fraction of sp³-hybridized carbons (Fsp3) is 0. The molecule has 2 heterocycles. The highest BCUT2D eigenvalue weighted by atomic mass is 15.1. The molecule has 0 aliphatic rings. The first kappa shape index (κ1) is 28.3. The second kappa shape index (κ2) is 11.5. The molecule has 0 saturated carbocycles. The lowest BCUT2D eigenvalue weighted by atomic mass is 9.90. The van der Waals surface area contributed by atoms with Gasteiger partial charge in [0, 0.05) is 33.1 Å². The summed E-state index contributed by atoms with van der Waals surface area (Å²) in [6.45, 7) is 0. The maximum absolute atomic E-state index is 5.08. The molecule has 3 heteroatoms. The van der Waals surface area contributed by atoms with Crippen LogP contribution in [0.2, 0.25) is 0 Å². The van der Waals surface area contributed by atoms with Gasteiger partial charge in [-0.1, -0.05) is 140 Å². The van der Waals surface area contributed by atoms with Crippen molar-refractivity contribution in [1.29, 1.82) is 0 Å². The smallest absolute Gasteiger partial charge is 0.145 e. The van der Waals surface area contributed by atoms with Gasteiger partial charge in [0.25, 0.3) is 0 Å². The highest BCUT2D eigenvalue weighted by Crippen LogP contribution is 2.39. The van der Waals surface area contributed by atoms with Crippen molar-refractivity contribution >= 4 is 43.6 Å². The van der Waals surface area contributed by atoms with Crippen LogP contribution < -0.4 is 0 Å². The van der Waals surface area contributed by atoms with Crippen LogP contribution in [0.3, 0.4) is 0 Å². The Morgan fingerprint density at radius 2 is 1.02 bits per heavy atom. The molecular weight excluding hydrogens is 607 g/mol. The number of imidazole rings is 1. The Morgan fingerprint density at radius 1 is 0.420 bits per heavy atom. The van der Waals surface area contributed by atoms with Crippen LogP contribution in [0.1, 0.15) is 0 Å². The molecule has 0 spiro atoms. The summed E-state index contributed by atoms with van der Waals surface area (Å²) in [6, 6.07) is 65.2. The van der Waals surface area contributed by atoms with Crippen molar-refractivity contribution in [1.82, 2.24) is 14.5 Å². The van der Waals surface area contributed by atoms with Gasteiger partial charge in [0.05, 0.1) is 11.0 Å². The lowest BCUT2D eigenvalue weighted by molar-refractivity contribution is 1.10. The van der Waals surface area contributed by atoms with E-state index in [0.717, 1.165) is 33.6 Å². The molecule has 234 valence electrons. The molecule has 0 atom stereocenters. The number of aromatic nitrogens is 3. The molecule has 0 saturated heterocycles. The normalized spacial score (nSPS) is 11.6. The summed E-state index contributed by atoms with van der Waals surface area (Å²) in [4.78, 5) is 8.63. The Bertz CT molecular complexity index is 2830. The minimum atomic E-state index is 0.937. The Balaban J connectivity index is 1.03. The summed E-state index contributed by atoms with van der Waals surface area (Å²) in [5.41, 5.74) is 13.8. The predicted octanol–water partition coefficient (Wildman–Crippen LogP) is 12.5. The minimum Gasteiger partial charge on any atom is -0.355 e. The van der Waals surface area contributed by atoms with E-state index in [2.05, 4.69) is 185 Å². The summed E-state index contributed by atoms with van der Waals surface area (Å²) in [6.07, 6.45) is 0. The number of nitrogens with zero attached hydrogens (tertiary/aromatic N) is 2. The van der Waals surface area contributed by atoms with E-state index in [1.54, 1.807) is 0 Å². The van der Waals surface area contributed by atoms with Gasteiger partial charge in [-0.05, 0) is 86.6 Å². The van der Waals surface area contributed by atoms with E-state index >= 15 is 0 Å². The number of fused-ring (bicyclic) bond motifs is 5. The quantitative estimate of drug-likeness (QED) is 0.200. The Labute approximate surface area is 289 Å². The first-order chi connectivity index (χ1) is 24.8. The SMILES string of the molecule is c1ccc(-n2c(-c3ccc(-c4cccc5cccc(-c6ccc(-c7ccc8[nH]c9ccccc9c8c7)cc6)c45)cc3)nc3ccccc32)cc1. The van der Waals surface area contributed by atoms with Crippen LogP contribution in [0.4, 0.5) is 0 Å². The molecule has 0 aliphatic carbocycles. The van der Waals surface area contributed by atoms with Crippen LogP contribution in [0.15, 0.2) is 182 Å². The third kappa shape index (κ3) is 4.63. The molecule has 8 aromatic carbocycles. The highest BCUT2D eigenvalue weighted by Gasteiger charge is 2.16. The van der Waals surface area contributed by atoms with Crippen molar-refractivity contribution in [2.75, 3.05) is 0 Å². The topological polar surface area (TPSA) is 33.6 Å². The molecule has 10 rings (SSSR count). The summed E-state index contributed by atoms with van der Waals surface area (Å²) < 4.78 is 2.25. The monoisotopic (exact) mass is 637 g/mol. The van der Waals surface area contributed by atoms with Crippen molar-refractivity contribution < 1.29 is 0 Å². The maximum Gasteiger partial charge on any atom is 0.145 e. The van der Waals surface area contributed by atoms with Gasteiger partial charge in [0.1, 0.15) is 5.82 Å². The number of hydrogen-bond donors (Lipinski definition) is 1. The van der Waals surface area contributed by atoms with Gasteiger partial charge in [0.15, 0.2) is 0 Å². The van der Waals surface area contributed by atoms with Gasteiger partial charge in [-0.15, -0.1) is 0 Å². The van der Waals surface area contributed by atoms with Crippen molar-refractivity contribution in [2.45, 2.75) is 0 Å². The average Bonchev–Trinajstić information content (AvgIpc) is 3.77. The van der Waals surface area contributed by atoms with Crippen LogP contribution in [-0.2, 0) is 0 Å². The molecule has 0 aliphatic heterocycles. The van der Waals surface area contributed by atoms with E-state index in [0.29, 0.717) is 0 Å². The summed E-state index contributed by atoms with van der Waals surface area (Å²) >= 11 is 0. The fourth-order valence-electron chi connectivity index (χ4n) is 7.55. The molecule has 0 radical (unpaired) electrons. The molecule has 50 heavy (non-hydrogen) atoms. The van der Waals surface area contributed by atoms with E-state index < -0.39 is 0 Å². The molecule has 0 unspecified atom stereocenters. The Morgan fingerprint density at radius 3 is 1.78 bits per heavy atom. The predicted molar refractivity (Wildman–Crippen MR) is 210 cm³/mol. The number of H-pyrrole nitrogens is 1. The second-order valence-corrected chi connectivity index (χ2v) is 12.9. The van der Waals surface area contributed by atoms with Crippen molar-refractivity contribution in [3.63, 3.8) is 0 Å². The molecule has 1 N–H and O–H groups in total. The number of benzene rings is 8. The summed E-state index contributed by atoms with van der Waals surface area (Å²) in [7, 11) is 0. The molecule has 3 nitrogen and oxygen atoms in total.